The molecule has 3 N–H and O–H groups in total. The van der Waals surface area contributed by atoms with Crippen LogP contribution in [0, 0.1) is 0 Å². The van der Waals surface area contributed by atoms with Crippen LogP contribution in [0.1, 0.15) is 296 Å². The van der Waals surface area contributed by atoms with Gasteiger partial charge in [0.05, 0.1) is 39.9 Å². The number of quaternary nitrogens is 1. The fourth-order valence-corrected chi connectivity index (χ4v) is 10.3. The van der Waals surface area contributed by atoms with Gasteiger partial charge < -0.3 is 19.8 Å². The van der Waals surface area contributed by atoms with Crippen molar-refractivity contribution in [2.45, 2.75) is 309 Å². The van der Waals surface area contributed by atoms with Gasteiger partial charge >= 0.3 is 7.82 Å². The van der Waals surface area contributed by atoms with E-state index in [0.717, 1.165) is 77.0 Å². The lowest BCUT2D eigenvalue weighted by Gasteiger charge is -2.25. The highest BCUT2D eigenvalue weighted by Crippen LogP contribution is 2.43. The van der Waals surface area contributed by atoms with Gasteiger partial charge in [0.25, 0.3) is 0 Å². The lowest BCUT2D eigenvalue weighted by atomic mass is 10.0. The molecule has 0 saturated carbocycles. The van der Waals surface area contributed by atoms with Gasteiger partial charge in [-0.05, 0) is 89.9 Å². The van der Waals surface area contributed by atoms with E-state index in [-0.39, 0.29) is 19.1 Å². The molecule has 0 spiro atoms. The van der Waals surface area contributed by atoms with Crippen molar-refractivity contribution in [3.8, 4) is 0 Å². The maximum atomic E-state index is 13.0. The Kier molecular flexibility index (Phi) is 59.0. The molecule has 0 fully saturated rings. The minimum Gasteiger partial charge on any atom is -0.387 e. The van der Waals surface area contributed by atoms with Gasteiger partial charge in [-0.3, -0.25) is 13.8 Å². The molecule has 1 amide bonds. The molecule has 0 radical (unpaired) electrons. The number of hydrogen-bond acceptors (Lipinski definition) is 5. The molecule has 0 aromatic carbocycles. The van der Waals surface area contributed by atoms with E-state index in [1.54, 1.807) is 6.08 Å². The Bertz CT molecular complexity index is 1620. The first-order valence-corrected chi connectivity index (χ1v) is 35.1. The van der Waals surface area contributed by atoms with Crippen molar-refractivity contribution in [3.63, 3.8) is 0 Å². The Morgan fingerprint density at radius 1 is 0.438 bits per heavy atom. The fraction of sp³-hybridized carbons (Fsp3) is 0.761. The second kappa shape index (κ2) is 61.0. The van der Waals surface area contributed by atoms with Crippen molar-refractivity contribution in [2.75, 3.05) is 40.9 Å². The number of nitrogens with zero attached hydrogens (tertiary/aromatic N) is 1. The Morgan fingerprint density at radius 2 is 0.762 bits per heavy atom. The smallest absolute Gasteiger partial charge is 0.387 e. The summed E-state index contributed by atoms with van der Waals surface area (Å²) in [5.74, 6) is -0.189. The number of nitrogens with one attached hydrogen (secondary N) is 1. The molecule has 0 aliphatic heterocycles. The largest absolute Gasteiger partial charge is 0.472 e. The number of hydrogen-bond donors (Lipinski definition) is 3. The van der Waals surface area contributed by atoms with Crippen LogP contribution in [-0.4, -0.2) is 73.4 Å². The first-order valence-electron chi connectivity index (χ1n) is 33.6. The minimum atomic E-state index is -4.37. The molecule has 8 nitrogen and oxygen atoms in total. The van der Waals surface area contributed by atoms with Crippen molar-refractivity contribution in [1.82, 2.24) is 5.32 Å². The molecule has 80 heavy (non-hydrogen) atoms. The predicted molar refractivity (Wildman–Crippen MR) is 350 cm³/mol. The van der Waals surface area contributed by atoms with Crippen LogP contribution in [0.25, 0.3) is 0 Å². The zero-order chi connectivity index (χ0) is 58.4. The summed E-state index contributed by atoms with van der Waals surface area (Å²) in [4.78, 5) is 23.4. The molecule has 0 aromatic rings. The number of phosphoric acid groups is 1. The van der Waals surface area contributed by atoms with E-state index in [1.165, 1.54) is 199 Å². The second-order valence-corrected chi connectivity index (χ2v) is 25.3. The third-order valence-electron chi connectivity index (χ3n) is 14.8. The molecule has 0 bridgehead atoms. The number of aliphatic hydroxyl groups excluding tert-OH is 1. The number of rotatable bonds is 61. The van der Waals surface area contributed by atoms with E-state index in [4.69, 9.17) is 9.05 Å². The summed E-state index contributed by atoms with van der Waals surface area (Å²) in [6.45, 7) is 4.70. The lowest BCUT2D eigenvalue weighted by Crippen LogP contribution is -2.45. The van der Waals surface area contributed by atoms with Gasteiger partial charge in [-0.2, -0.15) is 0 Å². The Morgan fingerprint density at radius 3 is 1.15 bits per heavy atom. The van der Waals surface area contributed by atoms with Crippen molar-refractivity contribution in [3.05, 3.63) is 97.2 Å². The quantitative estimate of drug-likeness (QED) is 0.0243. The maximum Gasteiger partial charge on any atom is 0.472 e. The van der Waals surface area contributed by atoms with Crippen LogP contribution in [-0.2, 0) is 18.4 Å². The monoisotopic (exact) mass is 1140 g/mol. The molecule has 0 aromatic heterocycles. The molecule has 3 atom stereocenters. The van der Waals surface area contributed by atoms with Gasteiger partial charge in [-0.1, -0.05) is 297 Å². The average Bonchev–Trinajstić information content (AvgIpc) is 3.42. The van der Waals surface area contributed by atoms with E-state index in [0.29, 0.717) is 17.4 Å². The molecule has 0 aliphatic rings. The van der Waals surface area contributed by atoms with Crippen LogP contribution < -0.4 is 5.32 Å². The summed E-state index contributed by atoms with van der Waals surface area (Å²) < 4.78 is 23.8. The summed E-state index contributed by atoms with van der Waals surface area (Å²) in [5.41, 5.74) is 0. The van der Waals surface area contributed by atoms with Crippen molar-refractivity contribution < 1.29 is 32.9 Å². The number of amides is 1. The third-order valence-corrected chi connectivity index (χ3v) is 15.7. The molecule has 0 aliphatic carbocycles. The standard InChI is InChI=1S/C71H129N2O6P/c1-6-8-10-12-14-16-18-20-22-24-26-28-30-31-32-33-34-35-36-37-38-39-40-41-43-45-47-49-51-53-55-57-59-61-63-65-71(75)72-69(68-79-80(76,77)78-67-66-73(3,4)5)70(74)64-62-60-58-56-54-52-50-48-46-44-42-29-27-25-23-21-19-17-15-13-11-9-7-2/h8,10,14,16,20,22,26,28,31-32,46,48,54,56,62,64,69-70,74H,6-7,9,11-13,15,17-19,21,23-25,27,29-30,33-45,47,49-53,55,57-61,63,65-68H2,1-5H3,(H-,72,75,76,77)/p+1/b10-8-,16-14-,22-20-,28-26-,32-31-,48-46+,56-54+,64-62+. The maximum absolute atomic E-state index is 13.0. The van der Waals surface area contributed by atoms with Gasteiger partial charge in [0.2, 0.25) is 5.91 Å². The number of likely N-dealkylation sites (N-methyl/N-ethyl adjacent to an activating group) is 1. The Balaban J connectivity index is 4.11. The summed E-state index contributed by atoms with van der Waals surface area (Å²) in [7, 11) is 1.55. The summed E-state index contributed by atoms with van der Waals surface area (Å²) in [5, 5.41) is 14.0. The SMILES string of the molecule is CC/C=C\C/C=C\C/C=C\C/C=C\C/C=C\CCCCCCCCCCCCCCCCCCCCCC(=O)NC(COP(=O)(O)OCC[N+](C)(C)C)C(O)/C=C/CC/C=C/CC/C=C/CCCCCCCCCCCCCCC. The molecule has 0 rings (SSSR count). The summed E-state index contributed by atoms with van der Waals surface area (Å²) >= 11 is 0. The van der Waals surface area contributed by atoms with Gasteiger partial charge in [0, 0.05) is 6.42 Å². The first-order chi connectivity index (χ1) is 39.0. The van der Waals surface area contributed by atoms with Gasteiger partial charge in [0.15, 0.2) is 0 Å². The number of unbranched alkanes of at least 4 members (excludes halogenated alkanes) is 34. The molecule has 0 saturated heterocycles. The van der Waals surface area contributed by atoms with Crippen LogP contribution in [0.3, 0.4) is 0 Å². The number of phosphoric ester groups is 1. The highest BCUT2D eigenvalue weighted by Gasteiger charge is 2.28. The molecular formula is C71H130N2O6P+. The van der Waals surface area contributed by atoms with Crippen LogP contribution in [0.2, 0.25) is 0 Å². The molecule has 0 heterocycles. The zero-order valence-electron chi connectivity index (χ0n) is 53.0. The van der Waals surface area contributed by atoms with Crippen molar-refractivity contribution in [1.29, 1.82) is 0 Å². The second-order valence-electron chi connectivity index (χ2n) is 23.8. The minimum absolute atomic E-state index is 0.0515. The third kappa shape index (κ3) is 63.0. The molecule has 464 valence electrons. The van der Waals surface area contributed by atoms with Crippen molar-refractivity contribution in [2.24, 2.45) is 0 Å². The van der Waals surface area contributed by atoms with E-state index >= 15 is 0 Å². The van der Waals surface area contributed by atoms with E-state index in [2.05, 4.69) is 104 Å². The normalized spacial score (nSPS) is 14.3. The summed E-state index contributed by atoms with van der Waals surface area (Å²) in [6, 6.07) is -0.875. The molecule has 3 unspecified atom stereocenters. The van der Waals surface area contributed by atoms with Gasteiger partial charge in [-0.25, -0.2) is 4.57 Å². The Labute approximate surface area is 496 Å². The van der Waals surface area contributed by atoms with Crippen molar-refractivity contribution >= 4 is 13.7 Å². The number of carbonyl (C=O) groups is 1. The highest BCUT2D eigenvalue weighted by molar-refractivity contribution is 7.47. The Hall–Kier alpha value is -2.58. The van der Waals surface area contributed by atoms with Gasteiger partial charge in [0.1, 0.15) is 13.2 Å². The first kappa shape index (κ1) is 77.4. The number of aliphatic hydroxyl groups is 1. The molecular weight excluding hydrogens is 1010 g/mol. The topological polar surface area (TPSA) is 105 Å². The average molecular weight is 1140 g/mol. The molecule has 9 heteroatoms. The van der Waals surface area contributed by atoms with E-state index in [9.17, 15) is 19.4 Å². The van der Waals surface area contributed by atoms with E-state index in [1.807, 2.05) is 27.2 Å². The number of allylic oxidation sites excluding steroid dienone is 15. The van der Waals surface area contributed by atoms with Gasteiger partial charge in [-0.15, -0.1) is 0 Å². The number of carbonyl (C=O) groups excluding carboxylic acids is 1. The lowest BCUT2D eigenvalue weighted by molar-refractivity contribution is -0.870. The van der Waals surface area contributed by atoms with E-state index < -0.39 is 20.0 Å². The zero-order valence-corrected chi connectivity index (χ0v) is 53.9. The van der Waals surface area contributed by atoms with Crippen LogP contribution in [0.15, 0.2) is 97.2 Å². The summed E-state index contributed by atoms with van der Waals surface area (Å²) in [6.07, 6.45) is 88.3. The van der Waals surface area contributed by atoms with Crippen LogP contribution in [0.5, 0.6) is 0 Å². The highest BCUT2D eigenvalue weighted by atomic mass is 31.2. The van der Waals surface area contributed by atoms with Crippen LogP contribution in [0.4, 0.5) is 0 Å². The predicted octanol–water partition coefficient (Wildman–Crippen LogP) is 21.3. The fourth-order valence-electron chi connectivity index (χ4n) is 9.57. The van der Waals surface area contributed by atoms with Crippen LogP contribution >= 0.6 is 7.82 Å².